The third-order valence-corrected chi connectivity index (χ3v) is 2.64. The van der Waals surface area contributed by atoms with Crippen molar-refractivity contribution in [2.45, 2.75) is 32.7 Å². The molecule has 1 aromatic rings. The minimum atomic E-state index is -1.02. The molecule has 0 saturated carbocycles. The summed E-state index contributed by atoms with van der Waals surface area (Å²) in [7, 11) is 0. The molecule has 5 nitrogen and oxygen atoms in total. The van der Waals surface area contributed by atoms with Crippen LogP contribution >= 0.6 is 0 Å². The molecule has 104 valence electrons. The predicted molar refractivity (Wildman–Crippen MR) is 70.8 cm³/mol. The molecule has 1 unspecified atom stereocenters. The number of amides is 1. The molecule has 19 heavy (non-hydrogen) atoms. The van der Waals surface area contributed by atoms with Gasteiger partial charge < -0.3 is 15.5 Å². The Morgan fingerprint density at radius 2 is 1.79 bits per heavy atom. The van der Waals surface area contributed by atoms with E-state index in [4.69, 9.17) is 10.2 Å². The van der Waals surface area contributed by atoms with Gasteiger partial charge in [-0.3, -0.25) is 4.79 Å². The van der Waals surface area contributed by atoms with Crippen LogP contribution in [0.5, 0.6) is 5.75 Å². The Morgan fingerprint density at radius 3 is 2.26 bits per heavy atom. The summed E-state index contributed by atoms with van der Waals surface area (Å²) >= 11 is 0. The van der Waals surface area contributed by atoms with Crippen molar-refractivity contribution in [2.24, 2.45) is 5.92 Å². The van der Waals surface area contributed by atoms with Crippen LogP contribution in [0.1, 0.15) is 25.8 Å². The van der Waals surface area contributed by atoms with Gasteiger partial charge in [-0.25, -0.2) is 4.79 Å². The summed E-state index contributed by atoms with van der Waals surface area (Å²) in [5.41, 5.74) is 0.726. The van der Waals surface area contributed by atoms with E-state index in [0.717, 1.165) is 5.56 Å². The lowest BCUT2D eigenvalue weighted by atomic mass is 10.0. The highest BCUT2D eigenvalue weighted by Gasteiger charge is 2.20. The zero-order chi connectivity index (χ0) is 14.4. The molecule has 1 aromatic carbocycles. The van der Waals surface area contributed by atoms with Crippen molar-refractivity contribution in [3.8, 4) is 5.75 Å². The van der Waals surface area contributed by atoms with E-state index in [1.165, 1.54) is 12.1 Å². The number of aliphatic carboxylic acids is 1. The van der Waals surface area contributed by atoms with E-state index in [0.29, 0.717) is 6.42 Å². The number of carbonyl (C=O) groups is 2. The van der Waals surface area contributed by atoms with Gasteiger partial charge in [-0.1, -0.05) is 26.0 Å². The lowest BCUT2D eigenvalue weighted by Crippen LogP contribution is -2.42. The average molecular weight is 265 g/mol. The quantitative estimate of drug-likeness (QED) is 0.728. The Balaban J connectivity index is 2.57. The van der Waals surface area contributed by atoms with Crippen molar-refractivity contribution in [1.29, 1.82) is 0 Å². The predicted octanol–water partition coefficient (Wildman–Crippen LogP) is 1.55. The fourth-order valence-corrected chi connectivity index (χ4v) is 1.74. The lowest BCUT2D eigenvalue weighted by molar-refractivity contribution is -0.142. The maximum absolute atomic E-state index is 11.8. The first kappa shape index (κ1) is 15.0. The number of benzene rings is 1. The standard InChI is InChI=1S/C14H19NO4/c1-9(2)7-12(14(18)19)15-13(17)8-10-3-5-11(16)6-4-10/h3-6,9,12,16H,7-8H2,1-2H3,(H,15,17)(H,18,19). The minimum absolute atomic E-state index is 0.0994. The first-order valence-electron chi connectivity index (χ1n) is 6.18. The number of nitrogens with one attached hydrogen (secondary N) is 1. The first-order valence-corrected chi connectivity index (χ1v) is 6.18. The Hall–Kier alpha value is -2.04. The Labute approximate surface area is 112 Å². The number of hydrogen-bond donors (Lipinski definition) is 3. The zero-order valence-corrected chi connectivity index (χ0v) is 11.1. The molecule has 0 aliphatic heterocycles. The van der Waals surface area contributed by atoms with Crippen LogP contribution in [0.25, 0.3) is 0 Å². The van der Waals surface area contributed by atoms with Crippen molar-refractivity contribution >= 4 is 11.9 Å². The topological polar surface area (TPSA) is 86.6 Å². The van der Waals surface area contributed by atoms with Crippen molar-refractivity contribution in [2.75, 3.05) is 0 Å². The molecule has 0 aromatic heterocycles. The fraction of sp³-hybridized carbons (Fsp3) is 0.429. The van der Waals surface area contributed by atoms with Gasteiger partial charge in [0.15, 0.2) is 0 Å². The molecule has 0 saturated heterocycles. The molecule has 0 heterocycles. The number of hydrogen-bond acceptors (Lipinski definition) is 3. The van der Waals surface area contributed by atoms with E-state index in [-0.39, 0.29) is 24.0 Å². The van der Waals surface area contributed by atoms with Gasteiger partial charge in [0.2, 0.25) is 5.91 Å². The lowest BCUT2D eigenvalue weighted by Gasteiger charge is -2.16. The van der Waals surface area contributed by atoms with Crippen LogP contribution in [0, 0.1) is 5.92 Å². The second-order valence-electron chi connectivity index (χ2n) is 4.93. The summed E-state index contributed by atoms with van der Waals surface area (Å²) in [6, 6.07) is 5.39. The normalized spacial score (nSPS) is 12.2. The minimum Gasteiger partial charge on any atom is -0.508 e. The van der Waals surface area contributed by atoms with E-state index >= 15 is 0 Å². The molecule has 3 N–H and O–H groups in total. The van der Waals surface area contributed by atoms with Gasteiger partial charge in [0.1, 0.15) is 11.8 Å². The highest BCUT2D eigenvalue weighted by Crippen LogP contribution is 2.10. The fourth-order valence-electron chi connectivity index (χ4n) is 1.74. The number of carboxylic acid groups (broad SMARTS) is 1. The van der Waals surface area contributed by atoms with E-state index < -0.39 is 12.0 Å². The molecule has 5 heteroatoms. The Bertz CT molecular complexity index is 439. The molecule has 0 spiro atoms. The molecular formula is C14H19NO4. The first-order chi connectivity index (χ1) is 8.88. The number of rotatable bonds is 6. The number of carbonyl (C=O) groups excluding carboxylic acids is 1. The summed E-state index contributed by atoms with van der Waals surface area (Å²) in [6.45, 7) is 3.81. The molecule has 1 rings (SSSR count). The zero-order valence-electron chi connectivity index (χ0n) is 11.1. The van der Waals surface area contributed by atoms with Gasteiger partial charge in [0.05, 0.1) is 6.42 Å². The molecule has 1 atom stereocenters. The summed E-state index contributed by atoms with van der Waals surface area (Å²) in [5, 5.41) is 20.7. The molecule has 1 amide bonds. The van der Waals surface area contributed by atoms with Crippen molar-refractivity contribution < 1.29 is 19.8 Å². The van der Waals surface area contributed by atoms with E-state index in [2.05, 4.69) is 5.32 Å². The Kier molecular flexibility index (Phi) is 5.36. The number of phenols is 1. The molecule has 0 aliphatic rings. The Morgan fingerprint density at radius 1 is 1.21 bits per heavy atom. The second kappa shape index (κ2) is 6.78. The van der Waals surface area contributed by atoms with Crippen LogP contribution in [0.15, 0.2) is 24.3 Å². The van der Waals surface area contributed by atoms with Crippen LogP contribution in [-0.2, 0) is 16.0 Å². The highest BCUT2D eigenvalue weighted by atomic mass is 16.4. The van der Waals surface area contributed by atoms with Gasteiger partial charge >= 0.3 is 5.97 Å². The number of aromatic hydroxyl groups is 1. The SMILES string of the molecule is CC(C)CC(NC(=O)Cc1ccc(O)cc1)C(=O)O. The number of carboxylic acids is 1. The van der Waals surface area contributed by atoms with Crippen molar-refractivity contribution in [3.05, 3.63) is 29.8 Å². The van der Waals surface area contributed by atoms with E-state index in [1.807, 2.05) is 13.8 Å². The molecular weight excluding hydrogens is 246 g/mol. The average Bonchev–Trinajstić information content (AvgIpc) is 2.30. The van der Waals surface area contributed by atoms with Gasteiger partial charge in [-0.2, -0.15) is 0 Å². The third-order valence-electron chi connectivity index (χ3n) is 2.64. The van der Waals surface area contributed by atoms with Gasteiger partial charge in [0.25, 0.3) is 0 Å². The summed E-state index contributed by atoms with van der Waals surface area (Å²) in [4.78, 5) is 22.8. The van der Waals surface area contributed by atoms with Crippen LogP contribution < -0.4 is 5.32 Å². The van der Waals surface area contributed by atoms with E-state index in [1.54, 1.807) is 12.1 Å². The van der Waals surface area contributed by atoms with Crippen molar-refractivity contribution in [1.82, 2.24) is 5.32 Å². The summed E-state index contributed by atoms with van der Waals surface area (Å²) in [6.07, 6.45) is 0.499. The highest BCUT2D eigenvalue weighted by molar-refractivity contribution is 5.84. The van der Waals surface area contributed by atoms with Crippen LogP contribution in [0.3, 0.4) is 0 Å². The third kappa shape index (κ3) is 5.42. The monoisotopic (exact) mass is 265 g/mol. The molecule has 0 bridgehead atoms. The van der Waals surface area contributed by atoms with Gasteiger partial charge in [0, 0.05) is 0 Å². The number of phenolic OH excluding ortho intramolecular Hbond substituents is 1. The van der Waals surface area contributed by atoms with Crippen LogP contribution in [0.2, 0.25) is 0 Å². The second-order valence-corrected chi connectivity index (χ2v) is 4.93. The smallest absolute Gasteiger partial charge is 0.326 e. The van der Waals surface area contributed by atoms with Gasteiger partial charge in [-0.05, 0) is 30.0 Å². The molecule has 0 aliphatic carbocycles. The maximum Gasteiger partial charge on any atom is 0.326 e. The van der Waals surface area contributed by atoms with Crippen LogP contribution in [0.4, 0.5) is 0 Å². The van der Waals surface area contributed by atoms with Crippen LogP contribution in [-0.4, -0.2) is 28.1 Å². The summed E-state index contributed by atoms with van der Waals surface area (Å²) < 4.78 is 0. The largest absolute Gasteiger partial charge is 0.508 e. The summed E-state index contributed by atoms with van der Waals surface area (Å²) in [5.74, 6) is -1.03. The maximum atomic E-state index is 11.8. The molecule has 0 radical (unpaired) electrons. The molecule has 0 fully saturated rings. The van der Waals surface area contributed by atoms with E-state index in [9.17, 15) is 9.59 Å². The van der Waals surface area contributed by atoms with Crippen molar-refractivity contribution in [3.63, 3.8) is 0 Å². The van der Waals surface area contributed by atoms with Gasteiger partial charge in [-0.15, -0.1) is 0 Å².